The molecule has 0 bridgehead atoms. The van der Waals surface area contributed by atoms with Gasteiger partial charge in [-0.3, -0.25) is 10.2 Å². The highest BCUT2D eigenvalue weighted by Crippen LogP contribution is 2.34. The number of anilines is 1. The van der Waals surface area contributed by atoms with Crippen LogP contribution in [0.2, 0.25) is 0 Å². The number of amides is 1. The van der Waals surface area contributed by atoms with Gasteiger partial charge >= 0.3 is 0 Å². The van der Waals surface area contributed by atoms with E-state index in [2.05, 4.69) is 5.43 Å². The largest absolute Gasteiger partial charge is 0.496 e. The molecule has 1 amide bonds. The molecule has 4 nitrogen and oxygen atoms in total. The van der Waals surface area contributed by atoms with E-state index in [9.17, 15) is 4.79 Å². The van der Waals surface area contributed by atoms with Crippen molar-refractivity contribution < 1.29 is 9.53 Å². The maximum atomic E-state index is 12.6. The summed E-state index contributed by atoms with van der Waals surface area (Å²) in [5.74, 6) is 0.545. The molecule has 0 radical (unpaired) electrons. The van der Waals surface area contributed by atoms with E-state index in [4.69, 9.17) is 17.0 Å². The summed E-state index contributed by atoms with van der Waals surface area (Å²) < 4.78 is 5.79. The van der Waals surface area contributed by atoms with Gasteiger partial charge in [-0.2, -0.15) is 0 Å². The Balaban J connectivity index is 1.85. The van der Waals surface area contributed by atoms with Crippen molar-refractivity contribution in [2.24, 2.45) is 0 Å². The van der Waals surface area contributed by atoms with Crippen LogP contribution in [0.25, 0.3) is 6.08 Å². The summed E-state index contributed by atoms with van der Waals surface area (Å²) in [6.07, 6.45) is 1.80. The summed E-state index contributed by atoms with van der Waals surface area (Å²) in [6.45, 7) is 0. The number of nitrogens with zero attached hydrogens (tertiary/aromatic N) is 1. The van der Waals surface area contributed by atoms with E-state index in [0.29, 0.717) is 15.0 Å². The van der Waals surface area contributed by atoms with Crippen LogP contribution in [0.15, 0.2) is 59.5 Å². The first-order valence-corrected chi connectivity index (χ1v) is 8.14. The zero-order valence-corrected chi connectivity index (χ0v) is 14.0. The number of hydrogen-bond acceptors (Lipinski definition) is 5. The molecular formula is C17H14N2O2S2. The summed E-state index contributed by atoms with van der Waals surface area (Å²) in [7, 11) is 1.61. The fraction of sp³-hybridized carbons (Fsp3) is 0.0588. The van der Waals surface area contributed by atoms with Crippen molar-refractivity contribution >= 4 is 46.0 Å². The number of para-hydroxylation sites is 2. The van der Waals surface area contributed by atoms with Crippen molar-refractivity contribution in [2.45, 2.75) is 0 Å². The molecule has 0 aromatic heterocycles. The molecular weight excluding hydrogens is 328 g/mol. The Hall–Kier alpha value is -2.31. The number of carbonyl (C=O) groups excluding carboxylic acids is 1. The molecule has 1 aliphatic rings. The van der Waals surface area contributed by atoms with Gasteiger partial charge in [-0.25, -0.2) is 5.01 Å². The lowest BCUT2D eigenvalue weighted by atomic mass is 10.2. The minimum atomic E-state index is -0.172. The molecule has 0 atom stereocenters. The molecule has 6 heteroatoms. The van der Waals surface area contributed by atoms with Crippen LogP contribution in [0.5, 0.6) is 5.75 Å². The Labute approximate surface area is 144 Å². The zero-order valence-electron chi connectivity index (χ0n) is 12.4. The molecule has 0 unspecified atom stereocenters. The predicted octanol–water partition coefficient (Wildman–Crippen LogP) is 3.92. The number of thiocarbonyl (C=S) groups is 1. The first-order valence-electron chi connectivity index (χ1n) is 6.92. The lowest BCUT2D eigenvalue weighted by molar-refractivity contribution is -0.121. The maximum Gasteiger partial charge on any atom is 0.285 e. The van der Waals surface area contributed by atoms with Gasteiger partial charge in [0.15, 0.2) is 4.32 Å². The first-order chi connectivity index (χ1) is 11.2. The number of rotatable bonds is 4. The molecule has 1 saturated heterocycles. The standard InChI is InChI=1S/C17H14N2O2S2/c1-21-14-10-6-5-7-12(14)11-15-16(20)19(17(22)23-15)18-13-8-3-2-4-9-13/h2-11,18H,1H3/b15-11-. The highest BCUT2D eigenvalue weighted by Gasteiger charge is 2.32. The maximum absolute atomic E-state index is 12.6. The van der Waals surface area contributed by atoms with Gasteiger partial charge in [0.1, 0.15) is 5.75 Å². The van der Waals surface area contributed by atoms with E-state index < -0.39 is 0 Å². The molecule has 1 fully saturated rings. The second-order valence-electron chi connectivity index (χ2n) is 4.74. The number of thioether (sulfide) groups is 1. The predicted molar refractivity (Wildman–Crippen MR) is 98.1 cm³/mol. The van der Waals surface area contributed by atoms with Crippen LogP contribution < -0.4 is 10.2 Å². The molecule has 23 heavy (non-hydrogen) atoms. The van der Waals surface area contributed by atoms with Crippen LogP contribution in [-0.2, 0) is 4.79 Å². The van der Waals surface area contributed by atoms with Crippen LogP contribution in [0.1, 0.15) is 5.56 Å². The fourth-order valence-electron chi connectivity index (χ4n) is 2.13. The third kappa shape index (κ3) is 3.38. The van der Waals surface area contributed by atoms with Gasteiger partial charge in [0.25, 0.3) is 5.91 Å². The van der Waals surface area contributed by atoms with Crippen molar-refractivity contribution in [2.75, 3.05) is 12.5 Å². The molecule has 116 valence electrons. The van der Waals surface area contributed by atoms with Crippen molar-refractivity contribution in [1.29, 1.82) is 0 Å². The summed E-state index contributed by atoms with van der Waals surface area (Å²) in [6, 6.07) is 17.0. The monoisotopic (exact) mass is 342 g/mol. The van der Waals surface area contributed by atoms with Crippen molar-refractivity contribution in [1.82, 2.24) is 5.01 Å². The molecule has 0 saturated carbocycles. The number of carbonyl (C=O) groups is 1. The van der Waals surface area contributed by atoms with Gasteiger partial charge in [-0.15, -0.1) is 0 Å². The summed E-state index contributed by atoms with van der Waals surface area (Å²) >= 11 is 6.57. The minimum Gasteiger partial charge on any atom is -0.496 e. The van der Waals surface area contributed by atoms with Crippen molar-refractivity contribution in [3.8, 4) is 5.75 Å². The molecule has 1 heterocycles. The lowest BCUT2D eigenvalue weighted by Crippen LogP contribution is -2.33. The third-order valence-electron chi connectivity index (χ3n) is 3.23. The zero-order chi connectivity index (χ0) is 16.2. The van der Waals surface area contributed by atoms with Gasteiger partial charge in [0.05, 0.1) is 17.7 Å². The van der Waals surface area contributed by atoms with Gasteiger partial charge in [-0.1, -0.05) is 48.2 Å². The average Bonchev–Trinajstić information content (AvgIpc) is 2.84. The second kappa shape index (κ2) is 6.85. The summed E-state index contributed by atoms with van der Waals surface area (Å²) in [5.41, 5.74) is 4.68. The Bertz CT molecular complexity index is 775. The van der Waals surface area contributed by atoms with Gasteiger partial charge in [0, 0.05) is 5.56 Å². The van der Waals surface area contributed by atoms with Gasteiger partial charge in [-0.05, 0) is 36.5 Å². The fourth-order valence-corrected chi connectivity index (χ4v) is 3.30. The Morgan fingerprint density at radius 3 is 2.57 bits per heavy atom. The number of benzene rings is 2. The second-order valence-corrected chi connectivity index (χ2v) is 6.41. The number of nitrogens with one attached hydrogen (secondary N) is 1. The Morgan fingerprint density at radius 2 is 1.83 bits per heavy atom. The highest BCUT2D eigenvalue weighted by molar-refractivity contribution is 8.26. The van der Waals surface area contributed by atoms with E-state index in [1.165, 1.54) is 16.8 Å². The Morgan fingerprint density at radius 1 is 1.13 bits per heavy atom. The van der Waals surface area contributed by atoms with E-state index in [1.807, 2.05) is 54.6 Å². The first kappa shape index (κ1) is 15.6. The SMILES string of the molecule is COc1ccccc1/C=C1\SC(=S)N(Nc2ccccc2)C1=O. The number of methoxy groups -OCH3 is 1. The molecule has 0 aliphatic carbocycles. The van der Waals surface area contributed by atoms with Crippen LogP contribution in [-0.4, -0.2) is 22.3 Å². The molecule has 1 N–H and O–H groups in total. The van der Waals surface area contributed by atoms with Crippen LogP contribution in [0.4, 0.5) is 5.69 Å². The van der Waals surface area contributed by atoms with E-state index in [0.717, 1.165) is 11.3 Å². The van der Waals surface area contributed by atoms with E-state index >= 15 is 0 Å². The normalized spacial score (nSPS) is 16.0. The summed E-state index contributed by atoms with van der Waals surface area (Å²) in [4.78, 5) is 13.1. The van der Waals surface area contributed by atoms with Crippen LogP contribution >= 0.6 is 24.0 Å². The minimum absolute atomic E-state index is 0.172. The van der Waals surface area contributed by atoms with Gasteiger partial charge < -0.3 is 4.74 Å². The molecule has 1 aliphatic heterocycles. The Kier molecular flexibility index (Phi) is 4.64. The van der Waals surface area contributed by atoms with E-state index in [1.54, 1.807) is 13.2 Å². The van der Waals surface area contributed by atoms with Crippen LogP contribution in [0, 0.1) is 0 Å². The third-order valence-corrected chi connectivity index (χ3v) is 4.54. The lowest BCUT2D eigenvalue weighted by Gasteiger charge is -2.16. The van der Waals surface area contributed by atoms with Crippen molar-refractivity contribution in [3.63, 3.8) is 0 Å². The smallest absolute Gasteiger partial charge is 0.285 e. The number of ether oxygens (including phenoxy) is 1. The number of hydrogen-bond donors (Lipinski definition) is 1. The highest BCUT2D eigenvalue weighted by atomic mass is 32.2. The van der Waals surface area contributed by atoms with Crippen LogP contribution in [0.3, 0.4) is 0 Å². The number of hydrazine groups is 1. The molecule has 2 aromatic rings. The van der Waals surface area contributed by atoms with E-state index in [-0.39, 0.29) is 5.91 Å². The van der Waals surface area contributed by atoms with Gasteiger partial charge in [0.2, 0.25) is 0 Å². The van der Waals surface area contributed by atoms with Crippen molar-refractivity contribution in [3.05, 3.63) is 65.1 Å². The molecule has 3 rings (SSSR count). The topological polar surface area (TPSA) is 41.6 Å². The summed E-state index contributed by atoms with van der Waals surface area (Å²) in [5, 5.41) is 1.39. The average molecular weight is 342 g/mol. The quantitative estimate of drug-likeness (QED) is 0.674. The molecule has 2 aromatic carbocycles. The molecule has 0 spiro atoms.